The standard InChI is InChI=1S/C31H29NO3/c1-20-14-16-22(17-15-20)28(33)25-19-32-31(29(34)35-30(2,3)4)26(18-21-10-6-5-7-11-21)23-12-8-9-13-24(23)27(25)31/h5-19,27,32H,1-4H3/b26-18+. The van der Waals surface area contributed by atoms with E-state index in [1.54, 1.807) is 6.20 Å². The lowest BCUT2D eigenvalue weighted by molar-refractivity contribution is -0.160. The maximum Gasteiger partial charge on any atom is 0.338 e. The van der Waals surface area contributed by atoms with Gasteiger partial charge in [0.05, 0.1) is 5.92 Å². The highest BCUT2D eigenvalue weighted by atomic mass is 16.6. The lowest BCUT2D eigenvalue weighted by atomic mass is 9.78. The Morgan fingerprint density at radius 1 is 0.914 bits per heavy atom. The van der Waals surface area contributed by atoms with E-state index in [4.69, 9.17) is 4.74 Å². The van der Waals surface area contributed by atoms with E-state index in [0.717, 1.165) is 27.8 Å². The van der Waals surface area contributed by atoms with Gasteiger partial charge in [-0.1, -0.05) is 84.4 Å². The first-order valence-corrected chi connectivity index (χ1v) is 11.9. The summed E-state index contributed by atoms with van der Waals surface area (Å²) in [6, 6.07) is 25.4. The molecule has 1 N–H and O–H groups in total. The van der Waals surface area contributed by atoms with Gasteiger partial charge in [-0.25, -0.2) is 4.79 Å². The number of Topliss-reactive ketones (excluding diaryl/α,β-unsaturated/α-hetero) is 1. The smallest absolute Gasteiger partial charge is 0.338 e. The lowest BCUT2D eigenvalue weighted by Crippen LogP contribution is -2.52. The molecule has 0 saturated carbocycles. The number of ketones is 1. The van der Waals surface area contributed by atoms with E-state index >= 15 is 0 Å². The van der Waals surface area contributed by atoms with Crippen molar-refractivity contribution in [1.29, 1.82) is 0 Å². The van der Waals surface area contributed by atoms with Crippen molar-refractivity contribution in [2.24, 2.45) is 0 Å². The number of esters is 1. The van der Waals surface area contributed by atoms with Crippen molar-refractivity contribution in [3.05, 3.63) is 118 Å². The molecule has 176 valence electrons. The molecule has 4 heteroatoms. The number of fused-ring (bicyclic) bond motifs is 3. The third-order valence-electron chi connectivity index (χ3n) is 6.59. The van der Waals surface area contributed by atoms with Gasteiger partial charge in [0.1, 0.15) is 5.60 Å². The van der Waals surface area contributed by atoms with Crippen LogP contribution in [0.15, 0.2) is 90.6 Å². The fourth-order valence-corrected chi connectivity index (χ4v) is 5.05. The average Bonchev–Trinajstić information content (AvgIpc) is 3.35. The van der Waals surface area contributed by atoms with E-state index in [2.05, 4.69) is 5.32 Å². The highest BCUT2D eigenvalue weighted by molar-refractivity contribution is 6.16. The van der Waals surface area contributed by atoms with Gasteiger partial charge < -0.3 is 10.1 Å². The Kier molecular flexibility index (Phi) is 5.47. The number of benzene rings is 3. The Labute approximate surface area is 206 Å². The summed E-state index contributed by atoms with van der Waals surface area (Å²) in [4.78, 5) is 27.8. The van der Waals surface area contributed by atoms with Gasteiger partial charge in [-0.05, 0) is 56.0 Å². The van der Waals surface area contributed by atoms with Crippen molar-refractivity contribution in [2.45, 2.75) is 44.8 Å². The van der Waals surface area contributed by atoms with E-state index in [1.165, 1.54) is 0 Å². The average molecular weight is 464 g/mol. The van der Waals surface area contributed by atoms with Crippen LogP contribution < -0.4 is 5.32 Å². The molecule has 0 aromatic heterocycles. The molecule has 1 aliphatic carbocycles. The van der Waals surface area contributed by atoms with Crippen LogP contribution in [0.2, 0.25) is 0 Å². The number of ether oxygens (including phenoxy) is 1. The Morgan fingerprint density at radius 3 is 2.26 bits per heavy atom. The summed E-state index contributed by atoms with van der Waals surface area (Å²) in [6.45, 7) is 7.58. The van der Waals surface area contributed by atoms with Gasteiger partial charge in [-0.2, -0.15) is 0 Å². The summed E-state index contributed by atoms with van der Waals surface area (Å²) in [7, 11) is 0. The fraction of sp³-hybridized carbons (Fsp3) is 0.226. The van der Waals surface area contributed by atoms with Crippen molar-refractivity contribution in [3.63, 3.8) is 0 Å². The van der Waals surface area contributed by atoms with Crippen LogP contribution in [0.5, 0.6) is 0 Å². The predicted molar refractivity (Wildman–Crippen MR) is 139 cm³/mol. The highest BCUT2D eigenvalue weighted by Gasteiger charge is 2.61. The van der Waals surface area contributed by atoms with Gasteiger partial charge in [0, 0.05) is 17.3 Å². The highest BCUT2D eigenvalue weighted by Crippen LogP contribution is 2.56. The molecule has 0 fully saturated rings. The molecule has 4 nitrogen and oxygen atoms in total. The number of aryl methyl sites for hydroxylation is 1. The van der Waals surface area contributed by atoms with Crippen molar-refractivity contribution >= 4 is 23.4 Å². The van der Waals surface area contributed by atoms with E-state index in [1.807, 2.05) is 113 Å². The first-order chi connectivity index (χ1) is 16.7. The second-order valence-corrected chi connectivity index (χ2v) is 10.2. The first kappa shape index (κ1) is 22.9. The molecule has 2 unspecified atom stereocenters. The van der Waals surface area contributed by atoms with Crippen LogP contribution in [0.25, 0.3) is 11.6 Å². The molecule has 3 aromatic rings. The molecule has 1 heterocycles. The second-order valence-electron chi connectivity index (χ2n) is 10.2. The molecule has 3 aromatic carbocycles. The minimum atomic E-state index is -1.23. The number of hydrogen-bond donors (Lipinski definition) is 1. The Hall–Kier alpha value is -3.92. The molecule has 0 saturated heterocycles. The van der Waals surface area contributed by atoms with Gasteiger partial charge in [0.2, 0.25) is 0 Å². The molecule has 2 aliphatic rings. The lowest BCUT2D eigenvalue weighted by Gasteiger charge is -2.34. The predicted octanol–water partition coefficient (Wildman–Crippen LogP) is 6.08. The summed E-state index contributed by atoms with van der Waals surface area (Å²) in [5.74, 6) is -0.989. The largest absolute Gasteiger partial charge is 0.458 e. The maximum absolute atomic E-state index is 14.0. The Balaban J connectivity index is 1.70. The summed E-state index contributed by atoms with van der Waals surface area (Å²) >= 11 is 0. The molecule has 0 amide bonds. The van der Waals surface area contributed by atoms with Gasteiger partial charge in [0.25, 0.3) is 0 Å². The number of hydrogen-bond acceptors (Lipinski definition) is 4. The third-order valence-corrected chi connectivity index (χ3v) is 6.59. The number of rotatable bonds is 4. The zero-order chi connectivity index (χ0) is 24.8. The molecule has 35 heavy (non-hydrogen) atoms. The van der Waals surface area contributed by atoms with E-state index < -0.39 is 23.0 Å². The van der Waals surface area contributed by atoms with Crippen molar-refractivity contribution in [2.75, 3.05) is 0 Å². The molecule has 1 aliphatic heterocycles. The van der Waals surface area contributed by atoms with Crippen molar-refractivity contribution in [3.8, 4) is 0 Å². The van der Waals surface area contributed by atoms with Crippen LogP contribution >= 0.6 is 0 Å². The summed E-state index contributed by atoms with van der Waals surface area (Å²) in [5, 5.41) is 3.36. The first-order valence-electron chi connectivity index (χ1n) is 11.9. The van der Waals surface area contributed by atoms with Crippen LogP contribution in [0, 0.1) is 6.92 Å². The fourth-order valence-electron chi connectivity index (χ4n) is 5.05. The quantitative estimate of drug-likeness (QED) is 0.376. The van der Waals surface area contributed by atoms with Crippen LogP contribution in [-0.2, 0) is 9.53 Å². The van der Waals surface area contributed by atoms with Crippen molar-refractivity contribution in [1.82, 2.24) is 5.32 Å². The van der Waals surface area contributed by atoms with E-state index in [9.17, 15) is 9.59 Å². The van der Waals surface area contributed by atoms with Crippen LogP contribution in [0.4, 0.5) is 0 Å². The van der Waals surface area contributed by atoms with Crippen LogP contribution in [0.3, 0.4) is 0 Å². The SMILES string of the molecule is Cc1ccc(C(=O)C2=CNC3(C(=O)OC(C)(C)C)/C(=C/c4ccccc4)c4ccccc4C23)cc1. The second kappa shape index (κ2) is 8.38. The van der Waals surface area contributed by atoms with Gasteiger partial charge >= 0.3 is 5.97 Å². The monoisotopic (exact) mass is 463 g/mol. The van der Waals surface area contributed by atoms with E-state index in [-0.39, 0.29) is 5.78 Å². The zero-order valence-electron chi connectivity index (χ0n) is 20.5. The molecular formula is C31H29NO3. The Bertz CT molecular complexity index is 1360. The molecule has 5 rings (SSSR count). The minimum Gasteiger partial charge on any atom is -0.458 e. The molecule has 0 spiro atoms. The zero-order valence-corrected chi connectivity index (χ0v) is 20.5. The molecule has 0 bridgehead atoms. The minimum absolute atomic E-state index is 0.0938. The van der Waals surface area contributed by atoms with Crippen molar-refractivity contribution < 1.29 is 14.3 Å². The van der Waals surface area contributed by atoms with Crippen LogP contribution in [-0.4, -0.2) is 22.9 Å². The van der Waals surface area contributed by atoms with E-state index in [0.29, 0.717) is 11.1 Å². The molecule has 2 atom stereocenters. The molecule has 0 radical (unpaired) electrons. The summed E-state index contributed by atoms with van der Waals surface area (Å²) in [5.41, 5.74) is 3.99. The maximum atomic E-state index is 14.0. The van der Waals surface area contributed by atoms with Gasteiger partial charge in [-0.3, -0.25) is 4.79 Å². The Morgan fingerprint density at radius 2 is 1.57 bits per heavy atom. The number of nitrogens with one attached hydrogen (secondary N) is 1. The summed E-state index contributed by atoms with van der Waals surface area (Å²) in [6.07, 6.45) is 3.74. The summed E-state index contributed by atoms with van der Waals surface area (Å²) < 4.78 is 5.99. The normalized spacial score (nSPS) is 21.7. The topological polar surface area (TPSA) is 55.4 Å². The third kappa shape index (κ3) is 3.89. The van der Waals surface area contributed by atoms with Crippen LogP contribution in [0.1, 0.15) is 59.3 Å². The number of carbonyl (C=O) groups is 2. The van der Waals surface area contributed by atoms with Gasteiger partial charge in [0.15, 0.2) is 11.3 Å². The molecular weight excluding hydrogens is 434 g/mol. The number of carbonyl (C=O) groups excluding carboxylic acids is 2. The van der Waals surface area contributed by atoms with Gasteiger partial charge in [-0.15, -0.1) is 0 Å².